The maximum absolute atomic E-state index is 12.7. The molecule has 0 heterocycles. The molecule has 10 heteroatoms. The summed E-state index contributed by atoms with van der Waals surface area (Å²) in [5.41, 5.74) is 1.01. The minimum atomic E-state index is -4.17. The van der Waals surface area contributed by atoms with Crippen LogP contribution in [-0.4, -0.2) is 14.3 Å². The van der Waals surface area contributed by atoms with E-state index >= 15 is 0 Å². The first-order valence-electron chi connectivity index (χ1n) is 9.28. The molecule has 0 saturated heterocycles. The minimum Gasteiger partial charge on any atom is -0.378 e. The molecule has 0 aliphatic heterocycles. The summed E-state index contributed by atoms with van der Waals surface area (Å²) >= 11 is 17.9. The van der Waals surface area contributed by atoms with E-state index < -0.39 is 16.0 Å². The van der Waals surface area contributed by atoms with Crippen molar-refractivity contribution in [3.8, 4) is 11.8 Å². The fourth-order valence-corrected chi connectivity index (χ4v) is 4.09. The van der Waals surface area contributed by atoms with Gasteiger partial charge in [-0.05, 0) is 61.5 Å². The average Bonchev–Trinajstić information content (AvgIpc) is 2.76. The standard InChI is InChI=1S/C23H15Cl3N2O4S/c1-14-2-6-19(7-3-14)33(30,31)32-22-9-4-17(24)11-15(22)10-16(13-27)23(29)28-18-5-8-20(25)21(26)12-18/h2-12H,1H3,(H,28,29)/b16-10+. The number of nitrogens with one attached hydrogen (secondary N) is 1. The van der Waals surface area contributed by atoms with Crippen molar-refractivity contribution in [2.45, 2.75) is 11.8 Å². The Morgan fingerprint density at radius 3 is 2.33 bits per heavy atom. The van der Waals surface area contributed by atoms with Gasteiger partial charge in [0.15, 0.2) is 0 Å². The third kappa shape index (κ3) is 6.28. The first-order valence-corrected chi connectivity index (χ1v) is 11.8. The van der Waals surface area contributed by atoms with Crippen LogP contribution < -0.4 is 9.50 Å². The van der Waals surface area contributed by atoms with Gasteiger partial charge < -0.3 is 9.50 Å². The first-order chi connectivity index (χ1) is 15.6. The lowest BCUT2D eigenvalue weighted by atomic mass is 10.1. The molecule has 0 saturated carbocycles. The molecule has 0 atom stereocenters. The lowest BCUT2D eigenvalue weighted by Crippen LogP contribution is -2.14. The molecule has 0 radical (unpaired) electrons. The minimum absolute atomic E-state index is 0.0455. The molecule has 3 aromatic carbocycles. The van der Waals surface area contributed by atoms with Gasteiger partial charge in [-0.2, -0.15) is 13.7 Å². The van der Waals surface area contributed by atoms with Crippen molar-refractivity contribution < 1.29 is 17.4 Å². The summed E-state index contributed by atoms with van der Waals surface area (Å²) in [6.45, 7) is 1.83. The fourth-order valence-electron chi connectivity index (χ4n) is 2.66. The van der Waals surface area contributed by atoms with E-state index in [1.807, 2.05) is 6.92 Å². The molecule has 3 rings (SSSR count). The van der Waals surface area contributed by atoms with Gasteiger partial charge in [-0.1, -0.05) is 52.5 Å². The molecule has 168 valence electrons. The Kier molecular flexibility index (Phi) is 7.67. The monoisotopic (exact) mass is 520 g/mol. The Morgan fingerprint density at radius 2 is 1.70 bits per heavy atom. The largest absolute Gasteiger partial charge is 0.378 e. The number of hydrogen-bond donors (Lipinski definition) is 1. The van der Waals surface area contributed by atoms with E-state index in [1.165, 1.54) is 54.6 Å². The second-order valence-electron chi connectivity index (χ2n) is 6.79. The van der Waals surface area contributed by atoms with E-state index in [4.69, 9.17) is 39.0 Å². The predicted molar refractivity (Wildman–Crippen MR) is 129 cm³/mol. The topological polar surface area (TPSA) is 96.3 Å². The Hall–Kier alpha value is -3.02. The van der Waals surface area contributed by atoms with Gasteiger partial charge in [-0.15, -0.1) is 0 Å². The number of nitrogens with zero attached hydrogens (tertiary/aromatic N) is 1. The van der Waals surface area contributed by atoms with Crippen molar-refractivity contribution in [2.75, 3.05) is 5.32 Å². The van der Waals surface area contributed by atoms with Gasteiger partial charge in [-0.3, -0.25) is 4.79 Å². The highest BCUT2D eigenvalue weighted by molar-refractivity contribution is 7.87. The van der Waals surface area contributed by atoms with Crippen LogP contribution in [0.4, 0.5) is 5.69 Å². The normalized spacial score (nSPS) is 11.5. The molecule has 0 bridgehead atoms. The number of rotatable bonds is 6. The third-order valence-electron chi connectivity index (χ3n) is 4.32. The number of aryl methyl sites for hydroxylation is 1. The SMILES string of the molecule is Cc1ccc(S(=O)(=O)Oc2ccc(Cl)cc2/C=C(\C#N)C(=O)Nc2ccc(Cl)c(Cl)c2)cc1. The quantitative estimate of drug-likeness (QED) is 0.234. The van der Waals surface area contributed by atoms with Gasteiger partial charge in [-0.25, -0.2) is 0 Å². The van der Waals surface area contributed by atoms with Gasteiger partial charge in [0.2, 0.25) is 0 Å². The van der Waals surface area contributed by atoms with Gasteiger partial charge in [0.25, 0.3) is 5.91 Å². The molecule has 3 aromatic rings. The van der Waals surface area contributed by atoms with E-state index in [1.54, 1.807) is 18.2 Å². The van der Waals surface area contributed by atoms with Gasteiger partial charge in [0.1, 0.15) is 22.3 Å². The van der Waals surface area contributed by atoms with Crippen LogP contribution in [-0.2, 0) is 14.9 Å². The summed E-state index contributed by atoms with van der Waals surface area (Å²) in [6, 6.07) is 16.5. The van der Waals surface area contributed by atoms with Crippen molar-refractivity contribution in [1.82, 2.24) is 0 Å². The zero-order valence-corrected chi connectivity index (χ0v) is 20.1. The second-order valence-corrected chi connectivity index (χ2v) is 9.58. The molecule has 33 heavy (non-hydrogen) atoms. The molecule has 6 nitrogen and oxygen atoms in total. The molecule has 0 aliphatic carbocycles. The van der Waals surface area contributed by atoms with Crippen LogP contribution in [0, 0.1) is 18.3 Å². The highest BCUT2D eigenvalue weighted by Gasteiger charge is 2.19. The first kappa shape index (κ1) is 24.6. The number of carbonyl (C=O) groups is 1. The Morgan fingerprint density at radius 1 is 1.00 bits per heavy atom. The zero-order chi connectivity index (χ0) is 24.2. The van der Waals surface area contributed by atoms with Crippen molar-refractivity contribution in [3.05, 3.63) is 92.4 Å². The molecular weight excluding hydrogens is 507 g/mol. The van der Waals surface area contributed by atoms with E-state index in [0.717, 1.165) is 5.56 Å². The van der Waals surface area contributed by atoms with Crippen LogP contribution >= 0.6 is 34.8 Å². The molecular formula is C23H15Cl3N2O4S. The van der Waals surface area contributed by atoms with Gasteiger partial charge in [0.05, 0.1) is 10.0 Å². The van der Waals surface area contributed by atoms with Crippen molar-refractivity contribution >= 4 is 62.6 Å². The van der Waals surface area contributed by atoms with E-state index in [9.17, 15) is 18.5 Å². The van der Waals surface area contributed by atoms with E-state index in [0.29, 0.717) is 10.7 Å². The number of amides is 1. The molecule has 1 N–H and O–H groups in total. The summed E-state index contributed by atoms with van der Waals surface area (Å²) in [5, 5.41) is 12.8. The summed E-state index contributed by atoms with van der Waals surface area (Å²) < 4.78 is 30.7. The summed E-state index contributed by atoms with van der Waals surface area (Å²) in [4.78, 5) is 12.6. The van der Waals surface area contributed by atoms with Gasteiger partial charge in [0, 0.05) is 16.3 Å². The number of carbonyl (C=O) groups excluding carboxylic acids is 1. The molecule has 0 aromatic heterocycles. The van der Waals surface area contributed by atoms with Crippen LogP contribution in [0.1, 0.15) is 11.1 Å². The number of hydrogen-bond acceptors (Lipinski definition) is 5. The second kappa shape index (κ2) is 10.3. The smallest absolute Gasteiger partial charge is 0.339 e. The van der Waals surface area contributed by atoms with Crippen LogP contribution in [0.3, 0.4) is 0 Å². The Labute approximate surface area is 206 Å². The number of anilines is 1. The van der Waals surface area contributed by atoms with Crippen LogP contribution in [0.2, 0.25) is 15.1 Å². The van der Waals surface area contributed by atoms with Crippen LogP contribution in [0.15, 0.2) is 71.1 Å². The van der Waals surface area contributed by atoms with Crippen molar-refractivity contribution in [1.29, 1.82) is 5.26 Å². The number of benzene rings is 3. The maximum Gasteiger partial charge on any atom is 0.339 e. The zero-order valence-electron chi connectivity index (χ0n) is 17.0. The molecule has 1 amide bonds. The molecule has 0 spiro atoms. The average molecular weight is 522 g/mol. The lowest BCUT2D eigenvalue weighted by Gasteiger charge is -2.11. The van der Waals surface area contributed by atoms with Crippen molar-refractivity contribution in [2.24, 2.45) is 0 Å². The Bertz CT molecular complexity index is 1400. The number of nitriles is 1. The third-order valence-corrected chi connectivity index (χ3v) is 6.55. The molecule has 0 fully saturated rings. The predicted octanol–water partition coefficient (Wildman–Crippen LogP) is 6.27. The Balaban J connectivity index is 1.93. The van der Waals surface area contributed by atoms with Gasteiger partial charge >= 0.3 is 10.1 Å². The summed E-state index contributed by atoms with van der Waals surface area (Å²) in [7, 11) is -4.17. The van der Waals surface area contributed by atoms with E-state index in [2.05, 4.69) is 5.32 Å². The van der Waals surface area contributed by atoms with Crippen LogP contribution in [0.25, 0.3) is 6.08 Å². The summed E-state index contributed by atoms with van der Waals surface area (Å²) in [6.07, 6.45) is 1.18. The van der Waals surface area contributed by atoms with Crippen LogP contribution in [0.5, 0.6) is 5.75 Å². The number of halogens is 3. The van der Waals surface area contributed by atoms with Crippen molar-refractivity contribution in [3.63, 3.8) is 0 Å². The van der Waals surface area contributed by atoms with E-state index in [-0.39, 0.29) is 31.8 Å². The fraction of sp³-hybridized carbons (Fsp3) is 0.0435. The molecule has 0 unspecified atom stereocenters. The highest BCUT2D eigenvalue weighted by atomic mass is 35.5. The summed E-state index contributed by atoms with van der Waals surface area (Å²) in [5.74, 6) is -0.849. The highest BCUT2D eigenvalue weighted by Crippen LogP contribution is 2.29. The molecule has 0 aliphatic rings. The maximum atomic E-state index is 12.7. The lowest BCUT2D eigenvalue weighted by molar-refractivity contribution is -0.112.